The van der Waals surface area contributed by atoms with Crippen LogP contribution in [0.2, 0.25) is 0 Å². The standard InChI is InChI=1S/C14H24BrN3/c1-3-10-5-7-11(8-6-10)13(16)14-12(15)9-17-18(14)4-2/h9-11,13H,3-8,16H2,1-2H3. The van der Waals surface area contributed by atoms with Crippen LogP contribution in [0.15, 0.2) is 10.7 Å². The molecule has 1 aliphatic rings. The number of aromatic nitrogens is 2. The van der Waals surface area contributed by atoms with E-state index in [1.54, 1.807) is 0 Å². The van der Waals surface area contributed by atoms with Crippen molar-refractivity contribution in [2.75, 3.05) is 0 Å². The van der Waals surface area contributed by atoms with E-state index in [4.69, 9.17) is 5.73 Å². The normalized spacial score (nSPS) is 26.2. The third-order valence-electron chi connectivity index (χ3n) is 4.43. The summed E-state index contributed by atoms with van der Waals surface area (Å²) in [7, 11) is 0. The van der Waals surface area contributed by atoms with Crippen LogP contribution in [0, 0.1) is 11.8 Å². The van der Waals surface area contributed by atoms with Gasteiger partial charge in [-0.2, -0.15) is 5.10 Å². The summed E-state index contributed by atoms with van der Waals surface area (Å²) in [4.78, 5) is 0. The van der Waals surface area contributed by atoms with Crippen molar-refractivity contribution in [3.63, 3.8) is 0 Å². The monoisotopic (exact) mass is 313 g/mol. The van der Waals surface area contributed by atoms with Gasteiger partial charge in [0.2, 0.25) is 0 Å². The van der Waals surface area contributed by atoms with Crippen LogP contribution in [0.1, 0.15) is 57.7 Å². The summed E-state index contributed by atoms with van der Waals surface area (Å²) < 4.78 is 3.09. The number of hydrogen-bond donors (Lipinski definition) is 1. The van der Waals surface area contributed by atoms with Crippen LogP contribution in [0.3, 0.4) is 0 Å². The molecule has 0 amide bonds. The van der Waals surface area contributed by atoms with Gasteiger partial charge in [-0.05, 0) is 47.5 Å². The summed E-state index contributed by atoms with van der Waals surface area (Å²) in [5, 5.41) is 4.37. The molecule has 102 valence electrons. The Morgan fingerprint density at radius 2 is 2.06 bits per heavy atom. The van der Waals surface area contributed by atoms with E-state index in [0.717, 1.165) is 16.9 Å². The first-order chi connectivity index (χ1) is 8.67. The Balaban J connectivity index is 2.07. The lowest BCUT2D eigenvalue weighted by Gasteiger charge is -2.32. The molecular weight excluding hydrogens is 290 g/mol. The van der Waals surface area contributed by atoms with Crippen LogP contribution >= 0.6 is 15.9 Å². The highest BCUT2D eigenvalue weighted by Gasteiger charge is 2.28. The van der Waals surface area contributed by atoms with Gasteiger partial charge in [-0.3, -0.25) is 4.68 Å². The van der Waals surface area contributed by atoms with Gasteiger partial charge in [-0.15, -0.1) is 0 Å². The van der Waals surface area contributed by atoms with Crippen LogP contribution in [0.25, 0.3) is 0 Å². The summed E-state index contributed by atoms with van der Waals surface area (Å²) in [6.45, 7) is 5.30. The van der Waals surface area contributed by atoms with E-state index in [0.29, 0.717) is 5.92 Å². The highest BCUT2D eigenvalue weighted by atomic mass is 79.9. The molecule has 0 bridgehead atoms. The summed E-state index contributed by atoms with van der Waals surface area (Å²) in [6.07, 6.45) is 8.40. The molecule has 3 nitrogen and oxygen atoms in total. The Morgan fingerprint density at radius 3 is 2.61 bits per heavy atom. The average Bonchev–Trinajstić information content (AvgIpc) is 2.79. The number of halogens is 1. The van der Waals surface area contributed by atoms with Gasteiger partial charge in [0, 0.05) is 6.54 Å². The van der Waals surface area contributed by atoms with Crippen molar-refractivity contribution in [3.8, 4) is 0 Å². The summed E-state index contributed by atoms with van der Waals surface area (Å²) >= 11 is 3.59. The largest absolute Gasteiger partial charge is 0.322 e. The molecule has 1 saturated carbocycles. The van der Waals surface area contributed by atoms with Crippen molar-refractivity contribution in [2.45, 2.75) is 58.5 Å². The Morgan fingerprint density at radius 1 is 1.39 bits per heavy atom. The first-order valence-electron chi connectivity index (χ1n) is 7.14. The number of aryl methyl sites for hydroxylation is 1. The molecule has 18 heavy (non-hydrogen) atoms. The molecule has 1 fully saturated rings. The topological polar surface area (TPSA) is 43.8 Å². The van der Waals surface area contributed by atoms with Crippen molar-refractivity contribution >= 4 is 15.9 Å². The van der Waals surface area contributed by atoms with Gasteiger partial charge < -0.3 is 5.73 Å². The number of nitrogens with two attached hydrogens (primary N) is 1. The maximum Gasteiger partial charge on any atom is 0.0696 e. The Kier molecular flexibility index (Phi) is 4.84. The fourth-order valence-electron chi connectivity index (χ4n) is 3.13. The van der Waals surface area contributed by atoms with Crippen molar-refractivity contribution in [1.82, 2.24) is 9.78 Å². The number of hydrogen-bond acceptors (Lipinski definition) is 2. The second-order valence-corrected chi connectivity index (χ2v) is 6.26. The van der Waals surface area contributed by atoms with Crippen molar-refractivity contribution < 1.29 is 0 Å². The minimum absolute atomic E-state index is 0.125. The summed E-state index contributed by atoms with van der Waals surface area (Å²) in [5.74, 6) is 1.54. The molecule has 0 saturated heterocycles. The zero-order valence-electron chi connectivity index (χ0n) is 11.4. The van der Waals surface area contributed by atoms with Crippen molar-refractivity contribution in [2.24, 2.45) is 17.6 Å². The average molecular weight is 314 g/mol. The molecule has 4 heteroatoms. The Labute approximate surface area is 118 Å². The summed E-state index contributed by atoms with van der Waals surface area (Å²) in [6, 6.07) is 0.125. The van der Waals surface area contributed by atoms with Gasteiger partial charge in [-0.1, -0.05) is 26.2 Å². The van der Waals surface area contributed by atoms with Gasteiger partial charge in [0.25, 0.3) is 0 Å². The molecule has 1 aromatic rings. The molecule has 1 aromatic heterocycles. The molecular formula is C14H24BrN3. The SMILES string of the molecule is CCC1CCC(C(N)c2c(Br)cnn2CC)CC1. The lowest BCUT2D eigenvalue weighted by molar-refractivity contribution is 0.234. The van der Waals surface area contributed by atoms with E-state index in [1.807, 2.05) is 10.9 Å². The van der Waals surface area contributed by atoms with Gasteiger partial charge in [0.05, 0.1) is 22.4 Å². The third-order valence-corrected chi connectivity index (χ3v) is 5.04. The maximum atomic E-state index is 6.49. The Hall–Kier alpha value is -0.350. The third kappa shape index (κ3) is 2.80. The molecule has 0 radical (unpaired) electrons. The fourth-order valence-corrected chi connectivity index (χ4v) is 3.69. The lowest BCUT2D eigenvalue weighted by Crippen LogP contribution is -2.28. The predicted octanol–water partition coefficient (Wildman–Crippen LogP) is 3.88. The molecule has 1 heterocycles. The number of rotatable bonds is 4. The van der Waals surface area contributed by atoms with Gasteiger partial charge >= 0.3 is 0 Å². The molecule has 2 N–H and O–H groups in total. The molecule has 1 aliphatic carbocycles. The molecule has 2 rings (SSSR count). The van der Waals surface area contributed by atoms with Crippen molar-refractivity contribution in [3.05, 3.63) is 16.4 Å². The molecule has 0 aliphatic heterocycles. The molecule has 0 spiro atoms. The minimum atomic E-state index is 0.125. The van der Waals surface area contributed by atoms with Crippen LogP contribution in [-0.4, -0.2) is 9.78 Å². The van der Waals surface area contributed by atoms with E-state index >= 15 is 0 Å². The molecule has 1 atom stereocenters. The van der Waals surface area contributed by atoms with Crippen LogP contribution in [-0.2, 0) is 6.54 Å². The molecule has 0 aromatic carbocycles. The maximum absolute atomic E-state index is 6.49. The number of nitrogens with zero attached hydrogens (tertiary/aromatic N) is 2. The van der Waals surface area contributed by atoms with E-state index in [1.165, 1.54) is 37.8 Å². The minimum Gasteiger partial charge on any atom is -0.322 e. The first-order valence-corrected chi connectivity index (χ1v) is 7.93. The molecule has 1 unspecified atom stereocenters. The highest BCUT2D eigenvalue weighted by Crippen LogP contribution is 2.38. The highest BCUT2D eigenvalue weighted by molar-refractivity contribution is 9.10. The smallest absolute Gasteiger partial charge is 0.0696 e. The van der Waals surface area contributed by atoms with Crippen molar-refractivity contribution in [1.29, 1.82) is 0 Å². The van der Waals surface area contributed by atoms with Crippen LogP contribution < -0.4 is 5.73 Å². The van der Waals surface area contributed by atoms with E-state index in [2.05, 4.69) is 34.9 Å². The van der Waals surface area contributed by atoms with E-state index < -0.39 is 0 Å². The second kappa shape index (κ2) is 6.20. The lowest BCUT2D eigenvalue weighted by atomic mass is 9.77. The quantitative estimate of drug-likeness (QED) is 0.916. The predicted molar refractivity (Wildman–Crippen MR) is 78.3 cm³/mol. The van der Waals surface area contributed by atoms with E-state index in [9.17, 15) is 0 Å². The fraction of sp³-hybridized carbons (Fsp3) is 0.786. The van der Waals surface area contributed by atoms with Gasteiger partial charge in [0.1, 0.15) is 0 Å². The summed E-state index contributed by atoms with van der Waals surface area (Å²) in [5.41, 5.74) is 7.67. The zero-order chi connectivity index (χ0) is 13.1. The van der Waals surface area contributed by atoms with E-state index in [-0.39, 0.29) is 6.04 Å². The first kappa shape index (κ1) is 14.1. The van der Waals surface area contributed by atoms with Crippen LogP contribution in [0.4, 0.5) is 0 Å². The van der Waals surface area contributed by atoms with Gasteiger partial charge in [0.15, 0.2) is 0 Å². The zero-order valence-corrected chi connectivity index (χ0v) is 13.0. The Bertz CT molecular complexity index is 380. The second-order valence-electron chi connectivity index (χ2n) is 5.41. The van der Waals surface area contributed by atoms with Crippen LogP contribution in [0.5, 0.6) is 0 Å². The van der Waals surface area contributed by atoms with Gasteiger partial charge in [-0.25, -0.2) is 0 Å².